The highest BCUT2D eigenvalue weighted by atomic mass is 19.2. The van der Waals surface area contributed by atoms with Crippen LogP contribution in [0.4, 0.5) is 22.4 Å². The molecule has 2 aromatic rings. The van der Waals surface area contributed by atoms with Crippen LogP contribution in [0.15, 0.2) is 46.4 Å². The van der Waals surface area contributed by atoms with Crippen molar-refractivity contribution in [2.24, 2.45) is 9.98 Å². The maximum absolute atomic E-state index is 13.7. The van der Waals surface area contributed by atoms with Crippen molar-refractivity contribution in [1.29, 1.82) is 0 Å². The molecule has 6 nitrogen and oxygen atoms in total. The third-order valence-electron chi connectivity index (χ3n) is 4.70. The SMILES string of the molecule is CN1C(=O)N=C(NCc2ccc(F)cc2)N2C1=NCC2c1cc(F)c(F)c(F)c1. The summed E-state index contributed by atoms with van der Waals surface area (Å²) < 4.78 is 53.9. The van der Waals surface area contributed by atoms with Crippen molar-refractivity contribution in [2.75, 3.05) is 13.6 Å². The summed E-state index contributed by atoms with van der Waals surface area (Å²) in [5.74, 6) is -4.18. The maximum Gasteiger partial charge on any atom is 0.353 e. The highest BCUT2D eigenvalue weighted by molar-refractivity contribution is 6.13. The van der Waals surface area contributed by atoms with Crippen LogP contribution >= 0.6 is 0 Å². The van der Waals surface area contributed by atoms with E-state index in [0.717, 1.165) is 17.7 Å². The largest absolute Gasteiger partial charge is 0.353 e. The Morgan fingerprint density at radius 2 is 1.76 bits per heavy atom. The van der Waals surface area contributed by atoms with Crippen LogP contribution in [0.2, 0.25) is 0 Å². The number of fused-ring (bicyclic) bond motifs is 1. The zero-order chi connectivity index (χ0) is 20.7. The van der Waals surface area contributed by atoms with Gasteiger partial charge in [0.1, 0.15) is 5.82 Å². The molecule has 4 rings (SSSR count). The van der Waals surface area contributed by atoms with Gasteiger partial charge in [-0.15, -0.1) is 0 Å². The van der Waals surface area contributed by atoms with Crippen LogP contribution in [0.3, 0.4) is 0 Å². The minimum atomic E-state index is -1.55. The van der Waals surface area contributed by atoms with Gasteiger partial charge in [0.2, 0.25) is 11.9 Å². The number of nitrogens with zero attached hydrogens (tertiary/aromatic N) is 4. The van der Waals surface area contributed by atoms with E-state index in [2.05, 4.69) is 15.3 Å². The number of carbonyl (C=O) groups is 1. The van der Waals surface area contributed by atoms with Crippen molar-refractivity contribution < 1.29 is 22.4 Å². The normalized spacial score (nSPS) is 18.5. The molecule has 150 valence electrons. The van der Waals surface area contributed by atoms with E-state index in [1.54, 1.807) is 12.1 Å². The van der Waals surface area contributed by atoms with E-state index in [-0.39, 0.29) is 36.4 Å². The molecular weight excluding hydrogens is 390 g/mol. The number of carbonyl (C=O) groups excluding carboxylic acids is 1. The van der Waals surface area contributed by atoms with E-state index in [0.29, 0.717) is 0 Å². The summed E-state index contributed by atoms with van der Waals surface area (Å²) in [5, 5.41) is 2.98. The number of nitrogens with one attached hydrogen (secondary N) is 1. The molecule has 0 spiro atoms. The van der Waals surface area contributed by atoms with Crippen LogP contribution in [0.25, 0.3) is 0 Å². The molecular formula is C19H15F4N5O. The molecule has 2 heterocycles. The van der Waals surface area contributed by atoms with Gasteiger partial charge < -0.3 is 5.32 Å². The standard InChI is InChI=1S/C19H15F4N5O/c1-27-18-25-9-15(11-6-13(21)16(23)14(22)7-11)28(18)17(26-19(27)29)24-8-10-2-4-12(20)5-3-10/h2-7,15H,8-9H2,1H3,(H,24,26,29). The molecule has 0 bridgehead atoms. The van der Waals surface area contributed by atoms with Crippen molar-refractivity contribution >= 4 is 18.0 Å². The first-order valence-electron chi connectivity index (χ1n) is 8.68. The Morgan fingerprint density at radius 3 is 2.41 bits per heavy atom. The van der Waals surface area contributed by atoms with Crippen LogP contribution in [0.5, 0.6) is 0 Å². The van der Waals surface area contributed by atoms with Crippen LogP contribution in [-0.4, -0.2) is 41.3 Å². The van der Waals surface area contributed by atoms with Crippen molar-refractivity contribution in [1.82, 2.24) is 15.1 Å². The monoisotopic (exact) mass is 405 g/mol. The summed E-state index contributed by atoms with van der Waals surface area (Å²) in [6.07, 6.45) is 0. The van der Waals surface area contributed by atoms with Gasteiger partial charge in [0, 0.05) is 13.6 Å². The average Bonchev–Trinajstić information content (AvgIpc) is 3.14. The first-order chi connectivity index (χ1) is 13.8. The number of hydrogen-bond acceptors (Lipinski definition) is 4. The topological polar surface area (TPSA) is 60.3 Å². The van der Waals surface area contributed by atoms with Crippen LogP contribution < -0.4 is 5.32 Å². The summed E-state index contributed by atoms with van der Waals surface area (Å²) in [7, 11) is 1.47. The van der Waals surface area contributed by atoms with Gasteiger partial charge in [0.05, 0.1) is 12.6 Å². The summed E-state index contributed by atoms with van der Waals surface area (Å²) in [6.45, 7) is 0.313. The van der Waals surface area contributed by atoms with Crippen LogP contribution in [-0.2, 0) is 6.54 Å². The summed E-state index contributed by atoms with van der Waals surface area (Å²) >= 11 is 0. The van der Waals surface area contributed by atoms with Gasteiger partial charge in [-0.1, -0.05) is 12.1 Å². The third-order valence-corrected chi connectivity index (χ3v) is 4.70. The molecule has 2 amide bonds. The summed E-state index contributed by atoms with van der Waals surface area (Å²) in [6, 6.07) is 6.28. The second kappa shape index (κ2) is 7.19. The Labute approximate surface area is 163 Å². The number of hydrogen-bond donors (Lipinski definition) is 1. The Morgan fingerprint density at radius 1 is 1.10 bits per heavy atom. The van der Waals surface area contributed by atoms with Crippen molar-refractivity contribution in [3.8, 4) is 0 Å². The lowest BCUT2D eigenvalue weighted by molar-refractivity contribution is 0.229. The average molecular weight is 405 g/mol. The maximum atomic E-state index is 13.7. The molecule has 2 aliphatic rings. The molecule has 0 aliphatic carbocycles. The highest BCUT2D eigenvalue weighted by Crippen LogP contribution is 2.31. The molecule has 0 saturated heterocycles. The van der Waals surface area contributed by atoms with Gasteiger partial charge in [-0.05, 0) is 35.4 Å². The zero-order valence-electron chi connectivity index (χ0n) is 15.2. The second-order valence-corrected chi connectivity index (χ2v) is 6.58. The Bertz CT molecular complexity index is 1010. The summed E-state index contributed by atoms with van der Waals surface area (Å²) in [4.78, 5) is 23.2. The molecule has 2 aromatic carbocycles. The summed E-state index contributed by atoms with van der Waals surface area (Å²) in [5.41, 5.74) is 0.882. The van der Waals surface area contributed by atoms with Crippen LogP contribution in [0, 0.1) is 23.3 Å². The number of rotatable bonds is 3. The van der Waals surface area contributed by atoms with Crippen LogP contribution in [0.1, 0.15) is 17.2 Å². The lowest BCUT2D eigenvalue weighted by Gasteiger charge is -2.35. The van der Waals surface area contributed by atoms with Gasteiger partial charge in [0.25, 0.3) is 0 Å². The van der Waals surface area contributed by atoms with Crippen molar-refractivity contribution in [3.63, 3.8) is 0 Å². The van der Waals surface area contributed by atoms with Gasteiger partial charge in [-0.2, -0.15) is 4.99 Å². The molecule has 0 fully saturated rings. The smallest absolute Gasteiger partial charge is 0.351 e. The molecule has 1 N–H and O–H groups in total. The predicted molar refractivity (Wildman–Crippen MR) is 97.0 cm³/mol. The van der Waals surface area contributed by atoms with E-state index in [1.165, 1.54) is 29.0 Å². The van der Waals surface area contributed by atoms with Gasteiger partial charge >= 0.3 is 6.03 Å². The number of amides is 2. The first-order valence-corrected chi connectivity index (χ1v) is 8.68. The minimum absolute atomic E-state index is 0.0920. The van der Waals surface area contributed by atoms with E-state index in [1.807, 2.05) is 0 Å². The van der Waals surface area contributed by atoms with E-state index in [4.69, 9.17) is 0 Å². The third kappa shape index (κ3) is 3.41. The zero-order valence-corrected chi connectivity index (χ0v) is 15.2. The lowest BCUT2D eigenvalue weighted by Crippen LogP contribution is -2.54. The lowest BCUT2D eigenvalue weighted by atomic mass is 10.1. The number of guanidine groups is 2. The number of halogens is 4. The quantitative estimate of drug-likeness (QED) is 0.631. The van der Waals surface area contributed by atoms with E-state index >= 15 is 0 Å². The van der Waals surface area contributed by atoms with Gasteiger partial charge in [0.15, 0.2) is 17.5 Å². The number of aliphatic imine (C=N–C) groups is 2. The Hall–Kier alpha value is -3.43. The minimum Gasteiger partial charge on any atom is -0.351 e. The molecule has 0 saturated carbocycles. The molecule has 0 aromatic heterocycles. The van der Waals surface area contributed by atoms with E-state index < -0.39 is 29.5 Å². The van der Waals surface area contributed by atoms with Gasteiger partial charge in [-0.25, -0.2) is 27.3 Å². The molecule has 2 aliphatic heterocycles. The van der Waals surface area contributed by atoms with Gasteiger partial charge in [-0.3, -0.25) is 9.80 Å². The molecule has 0 radical (unpaired) electrons. The fourth-order valence-electron chi connectivity index (χ4n) is 3.21. The fraction of sp³-hybridized carbons (Fsp3) is 0.211. The molecule has 1 unspecified atom stereocenters. The number of benzene rings is 2. The van der Waals surface area contributed by atoms with Crippen molar-refractivity contribution in [2.45, 2.75) is 12.6 Å². The Balaban J connectivity index is 1.65. The first kappa shape index (κ1) is 18.9. The van der Waals surface area contributed by atoms with Crippen molar-refractivity contribution in [3.05, 3.63) is 70.8 Å². The predicted octanol–water partition coefficient (Wildman–Crippen LogP) is 3.17. The molecule has 10 heteroatoms. The Kier molecular flexibility index (Phi) is 4.69. The highest BCUT2D eigenvalue weighted by Gasteiger charge is 2.40. The molecule has 29 heavy (non-hydrogen) atoms. The number of urea groups is 1. The van der Waals surface area contributed by atoms with E-state index in [9.17, 15) is 22.4 Å². The fourth-order valence-corrected chi connectivity index (χ4v) is 3.21. The second-order valence-electron chi connectivity index (χ2n) is 6.58. The molecule has 1 atom stereocenters.